The monoisotopic (exact) mass is 315 g/mol. The number of carbonyl (C=O) groups is 2. The number of aliphatic carboxylic acids is 1. The van der Waals surface area contributed by atoms with Crippen LogP contribution in [-0.4, -0.2) is 29.1 Å². The average molecular weight is 315 g/mol. The van der Waals surface area contributed by atoms with E-state index in [0.29, 0.717) is 5.56 Å². The van der Waals surface area contributed by atoms with Crippen molar-refractivity contribution in [1.29, 1.82) is 0 Å². The molecule has 0 aromatic heterocycles. The number of carboxylic acid groups (broad SMARTS) is 1. The van der Waals surface area contributed by atoms with Crippen LogP contribution in [0.15, 0.2) is 30.3 Å². The molecule has 22 heavy (non-hydrogen) atoms. The average Bonchev–Trinajstić information content (AvgIpc) is 2.45. The summed E-state index contributed by atoms with van der Waals surface area (Å²) in [5.41, 5.74) is 0.709. The lowest BCUT2D eigenvalue weighted by molar-refractivity contribution is -0.142. The molecule has 2 N–H and O–H groups in total. The van der Waals surface area contributed by atoms with E-state index < -0.39 is 36.9 Å². The number of benzene rings is 1. The minimum absolute atomic E-state index is 0.0651. The molecule has 1 unspecified atom stereocenters. The van der Waals surface area contributed by atoms with Crippen molar-refractivity contribution in [2.45, 2.75) is 44.8 Å². The maximum absolute atomic E-state index is 13.5. The van der Waals surface area contributed by atoms with Crippen LogP contribution in [0.2, 0.25) is 0 Å². The molecule has 0 aliphatic carbocycles. The Morgan fingerprint density at radius 2 is 1.95 bits per heavy atom. The molecule has 0 aliphatic heterocycles. The maximum Gasteiger partial charge on any atom is 0.408 e. The lowest BCUT2D eigenvalue weighted by Gasteiger charge is -2.21. The molecule has 1 aromatic rings. The molecule has 0 saturated heterocycles. The van der Waals surface area contributed by atoms with Gasteiger partial charge in [0.05, 0.1) is 0 Å². The summed E-state index contributed by atoms with van der Waals surface area (Å²) in [6.07, 6.45) is -2.21. The topological polar surface area (TPSA) is 75.6 Å². The molecule has 0 spiro atoms. The summed E-state index contributed by atoms with van der Waals surface area (Å²) >= 11 is 0. The van der Waals surface area contributed by atoms with Gasteiger partial charge >= 0.3 is 12.1 Å². The predicted molar refractivity (Wildman–Crippen MR) is 75.7 cm³/mol. The van der Waals surface area contributed by atoms with E-state index >= 15 is 0 Å². The lowest BCUT2D eigenvalue weighted by Crippen LogP contribution is -2.44. The fourth-order valence-corrected chi connectivity index (χ4v) is 1.87. The van der Waals surface area contributed by atoms with Gasteiger partial charge in [-0.05, 0) is 5.56 Å². The van der Waals surface area contributed by atoms with Crippen molar-refractivity contribution in [1.82, 2.24) is 5.32 Å². The van der Waals surface area contributed by atoms with Crippen molar-refractivity contribution in [2.24, 2.45) is 0 Å². The van der Waals surface area contributed by atoms with Crippen molar-refractivity contribution < 1.29 is 28.2 Å². The number of halogens is 2. The molecule has 7 heteroatoms. The zero-order chi connectivity index (χ0) is 16.6. The Morgan fingerprint density at radius 1 is 1.32 bits per heavy atom. The highest BCUT2D eigenvalue weighted by Crippen LogP contribution is 2.26. The third-order valence-corrected chi connectivity index (χ3v) is 2.92. The van der Waals surface area contributed by atoms with Crippen LogP contribution in [0.4, 0.5) is 13.6 Å². The molecule has 0 fully saturated rings. The Hall–Kier alpha value is -2.18. The number of carbonyl (C=O) groups excluding carboxylic acids is 1. The quantitative estimate of drug-likeness (QED) is 0.772. The maximum atomic E-state index is 13.5. The van der Waals surface area contributed by atoms with Gasteiger partial charge in [-0.25, -0.2) is 18.4 Å². The van der Waals surface area contributed by atoms with Crippen molar-refractivity contribution in [2.75, 3.05) is 0 Å². The smallest absolute Gasteiger partial charge is 0.408 e. The van der Waals surface area contributed by atoms with Crippen LogP contribution in [-0.2, 0) is 16.1 Å². The Kier molecular flexibility index (Phi) is 6.75. The van der Waals surface area contributed by atoms with E-state index in [4.69, 9.17) is 9.84 Å². The first-order chi connectivity index (χ1) is 10.3. The molecule has 1 aromatic carbocycles. The number of ether oxygens (including phenoxy) is 1. The molecule has 1 atom stereocenters. The number of amides is 1. The van der Waals surface area contributed by atoms with Gasteiger partial charge < -0.3 is 15.2 Å². The van der Waals surface area contributed by atoms with E-state index in [2.05, 4.69) is 0 Å². The standard InChI is InChI=1S/C15H19F2NO4/c1-2-8-15(16,17)9-12(13(19)20)18-14(21)22-10-11-6-4-3-5-7-11/h3-7,12H,2,8-10H2,1H3,(H,18,21)(H,19,20). The van der Waals surface area contributed by atoms with Crippen molar-refractivity contribution >= 4 is 12.1 Å². The molecule has 0 bridgehead atoms. The predicted octanol–water partition coefficient (Wildman–Crippen LogP) is 3.19. The molecule has 122 valence electrons. The van der Waals surface area contributed by atoms with Gasteiger partial charge in [0.15, 0.2) is 0 Å². The first kappa shape index (κ1) is 17.9. The summed E-state index contributed by atoms with van der Waals surface area (Å²) < 4.78 is 31.8. The summed E-state index contributed by atoms with van der Waals surface area (Å²) in [7, 11) is 0. The van der Waals surface area contributed by atoms with Crippen LogP contribution < -0.4 is 5.32 Å². The van der Waals surface area contributed by atoms with Crippen molar-refractivity contribution in [3.05, 3.63) is 35.9 Å². The summed E-state index contributed by atoms with van der Waals surface area (Å²) in [6, 6.07) is 7.04. The highest BCUT2D eigenvalue weighted by atomic mass is 19.3. The van der Waals surface area contributed by atoms with E-state index in [-0.39, 0.29) is 13.0 Å². The summed E-state index contributed by atoms with van der Waals surface area (Å²) in [5, 5.41) is 10.9. The van der Waals surface area contributed by atoms with Crippen LogP contribution in [0.3, 0.4) is 0 Å². The third-order valence-electron chi connectivity index (χ3n) is 2.92. The lowest BCUT2D eigenvalue weighted by atomic mass is 10.0. The second-order valence-electron chi connectivity index (χ2n) is 4.91. The van der Waals surface area contributed by atoms with Gasteiger partial charge in [0.1, 0.15) is 12.6 Å². The second kappa shape index (κ2) is 8.31. The Labute approximate surface area is 127 Å². The van der Waals surface area contributed by atoms with Crippen LogP contribution >= 0.6 is 0 Å². The van der Waals surface area contributed by atoms with Crippen LogP contribution in [0.5, 0.6) is 0 Å². The molecule has 0 aliphatic rings. The van der Waals surface area contributed by atoms with Gasteiger partial charge in [-0.2, -0.15) is 0 Å². The Bertz CT molecular complexity index is 494. The van der Waals surface area contributed by atoms with Crippen LogP contribution in [0, 0.1) is 0 Å². The van der Waals surface area contributed by atoms with E-state index in [1.165, 1.54) is 0 Å². The van der Waals surface area contributed by atoms with Crippen LogP contribution in [0.1, 0.15) is 31.7 Å². The summed E-state index contributed by atoms with van der Waals surface area (Å²) in [6.45, 7) is 1.51. The number of nitrogens with one attached hydrogen (secondary N) is 1. The SMILES string of the molecule is CCCC(F)(F)CC(NC(=O)OCc1ccccc1)C(=O)O. The fourth-order valence-electron chi connectivity index (χ4n) is 1.87. The molecular formula is C15H19F2NO4. The van der Waals surface area contributed by atoms with Crippen molar-refractivity contribution in [3.8, 4) is 0 Å². The molecule has 1 amide bonds. The van der Waals surface area contributed by atoms with Gasteiger partial charge in [0.25, 0.3) is 5.92 Å². The van der Waals surface area contributed by atoms with E-state index in [1.54, 1.807) is 37.3 Å². The highest BCUT2D eigenvalue weighted by molar-refractivity contribution is 5.79. The summed E-state index contributed by atoms with van der Waals surface area (Å²) in [5.74, 6) is -4.67. The molecule has 0 radical (unpaired) electrons. The molecular weight excluding hydrogens is 296 g/mol. The van der Waals surface area contributed by atoms with E-state index in [0.717, 1.165) is 0 Å². The van der Waals surface area contributed by atoms with Crippen LogP contribution in [0.25, 0.3) is 0 Å². The molecule has 0 heterocycles. The van der Waals surface area contributed by atoms with Crippen molar-refractivity contribution in [3.63, 3.8) is 0 Å². The Balaban J connectivity index is 2.52. The number of alkyl halides is 2. The minimum atomic E-state index is -3.15. The van der Waals surface area contributed by atoms with Gasteiger partial charge in [0.2, 0.25) is 0 Å². The number of hydrogen-bond acceptors (Lipinski definition) is 3. The Morgan fingerprint density at radius 3 is 2.50 bits per heavy atom. The molecule has 1 rings (SSSR count). The summed E-state index contributed by atoms with van der Waals surface area (Å²) in [4.78, 5) is 22.5. The number of carboxylic acids is 1. The fraction of sp³-hybridized carbons (Fsp3) is 0.467. The third kappa shape index (κ3) is 6.51. The van der Waals surface area contributed by atoms with Gasteiger partial charge in [0, 0.05) is 12.8 Å². The minimum Gasteiger partial charge on any atom is -0.480 e. The van der Waals surface area contributed by atoms with E-state index in [9.17, 15) is 18.4 Å². The molecule has 5 nitrogen and oxygen atoms in total. The van der Waals surface area contributed by atoms with Gasteiger partial charge in [-0.1, -0.05) is 43.7 Å². The first-order valence-electron chi connectivity index (χ1n) is 6.92. The normalized spacial score (nSPS) is 12.5. The van der Waals surface area contributed by atoms with Gasteiger partial charge in [-0.15, -0.1) is 0 Å². The number of alkyl carbamates (subject to hydrolysis) is 1. The first-order valence-corrected chi connectivity index (χ1v) is 6.92. The number of rotatable bonds is 8. The zero-order valence-electron chi connectivity index (χ0n) is 12.2. The zero-order valence-corrected chi connectivity index (χ0v) is 12.2. The van der Waals surface area contributed by atoms with E-state index in [1.807, 2.05) is 5.32 Å². The number of hydrogen-bond donors (Lipinski definition) is 2. The molecule has 0 saturated carbocycles. The second-order valence-corrected chi connectivity index (χ2v) is 4.91. The largest absolute Gasteiger partial charge is 0.480 e. The van der Waals surface area contributed by atoms with Gasteiger partial charge in [-0.3, -0.25) is 0 Å². The highest BCUT2D eigenvalue weighted by Gasteiger charge is 2.35.